The Kier molecular flexibility index (Phi) is 3.92. The van der Waals surface area contributed by atoms with Crippen molar-refractivity contribution in [3.8, 4) is 5.75 Å². The Labute approximate surface area is 141 Å². The molecule has 0 spiro atoms. The van der Waals surface area contributed by atoms with E-state index in [9.17, 15) is 9.46 Å². The Morgan fingerprint density at radius 2 is 1.78 bits per heavy atom. The molecule has 5 heteroatoms. The average Bonchev–Trinajstić information content (AvgIpc) is 2.45. The number of hydrogen-bond acceptors (Lipinski definition) is 2. The van der Waals surface area contributed by atoms with Crippen LogP contribution in [0.5, 0.6) is 5.75 Å². The van der Waals surface area contributed by atoms with E-state index < -0.39 is 7.60 Å². The molecule has 0 aliphatic carbocycles. The monoisotopic (exact) mass is 348 g/mol. The standard InChI is InChI=1S/C18H18ClO3P/c1-18(2,3)16-10-13(19)9-14-15(12-7-5-4-6-8-12)11-23(20,21)22-17(14)16/h4-11H,1-3H3,(H,20,21). The van der Waals surface area contributed by atoms with Gasteiger partial charge in [0.05, 0.1) is 0 Å². The summed E-state index contributed by atoms with van der Waals surface area (Å²) >= 11 is 6.30. The summed E-state index contributed by atoms with van der Waals surface area (Å²) in [5, 5.41) is 0.578. The second-order valence-electron chi connectivity index (χ2n) is 6.64. The zero-order valence-electron chi connectivity index (χ0n) is 13.2. The highest BCUT2D eigenvalue weighted by Crippen LogP contribution is 2.56. The molecular weight excluding hydrogens is 331 g/mol. The van der Waals surface area contributed by atoms with Gasteiger partial charge in [0, 0.05) is 27.5 Å². The summed E-state index contributed by atoms with van der Waals surface area (Å²) in [4.78, 5) is 10.1. The molecule has 2 aromatic carbocycles. The molecule has 3 rings (SSSR count). The normalized spacial score (nSPS) is 20.5. The Bertz CT molecular complexity index is 835. The Balaban J connectivity index is 2.32. The fourth-order valence-corrected chi connectivity index (χ4v) is 4.03. The summed E-state index contributed by atoms with van der Waals surface area (Å²) in [6.45, 7) is 6.06. The van der Waals surface area contributed by atoms with Crippen LogP contribution in [0.15, 0.2) is 48.3 Å². The van der Waals surface area contributed by atoms with E-state index in [2.05, 4.69) is 0 Å². The molecular formula is C18H18ClO3P. The van der Waals surface area contributed by atoms with Gasteiger partial charge in [0.2, 0.25) is 0 Å². The maximum Gasteiger partial charge on any atom is 0.401 e. The van der Waals surface area contributed by atoms with Crippen LogP contribution in [-0.4, -0.2) is 4.89 Å². The van der Waals surface area contributed by atoms with Crippen LogP contribution in [-0.2, 0) is 9.98 Å². The molecule has 0 radical (unpaired) electrons. The highest BCUT2D eigenvalue weighted by Gasteiger charge is 2.33. The van der Waals surface area contributed by atoms with E-state index in [0.29, 0.717) is 16.3 Å². The molecule has 1 aliphatic rings. The quantitative estimate of drug-likeness (QED) is 0.682. The molecule has 1 N–H and O–H groups in total. The molecule has 1 atom stereocenters. The van der Waals surface area contributed by atoms with Gasteiger partial charge in [-0.3, -0.25) is 0 Å². The summed E-state index contributed by atoms with van der Waals surface area (Å²) in [7, 11) is -3.86. The molecule has 0 aromatic heterocycles. The molecule has 0 saturated heterocycles. The number of hydrogen-bond donors (Lipinski definition) is 1. The molecule has 0 amide bonds. The minimum atomic E-state index is -3.86. The van der Waals surface area contributed by atoms with Crippen LogP contribution in [0.2, 0.25) is 5.02 Å². The van der Waals surface area contributed by atoms with Crippen LogP contribution < -0.4 is 4.52 Å². The first-order valence-electron chi connectivity index (χ1n) is 7.32. The number of rotatable bonds is 1. The Hall–Kier alpha value is -1.54. The third-order valence-corrected chi connectivity index (χ3v) is 5.00. The molecule has 120 valence electrons. The van der Waals surface area contributed by atoms with Crippen molar-refractivity contribution in [1.29, 1.82) is 0 Å². The van der Waals surface area contributed by atoms with Crippen molar-refractivity contribution in [3.05, 3.63) is 70.0 Å². The Morgan fingerprint density at radius 3 is 2.39 bits per heavy atom. The number of fused-ring (bicyclic) bond motifs is 1. The largest absolute Gasteiger partial charge is 0.421 e. The zero-order valence-corrected chi connectivity index (χ0v) is 14.9. The van der Waals surface area contributed by atoms with Gasteiger partial charge in [-0.15, -0.1) is 0 Å². The molecule has 1 unspecified atom stereocenters. The average molecular weight is 349 g/mol. The summed E-state index contributed by atoms with van der Waals surface area (Å²) in [6.07, 6.45) is 0. The van der Waals surface area contributed by atoms with E-state index >= 15 is 0 Å². The number of halogens is 1. The molecule has 2 aromatic rings. The van der Waals surface area contributed by atoms with Gasteiger partial charge in [-0.05, 0) is 23.1 Å². The van der Waals surface area contributed by atoms with Gasteiger partial charge in [-0.2, -0.15) is 0 Å². The third kappa shape index (κ3) is 3.23. The highest BCUT2D eigenvalue weighted by molar-refractivity contribution is 7.57. The molecule has 23 heavy (non-hydrogen) atoms. The SMILES string of the molecule is CC(C)(C)c1cc(Cl)cc2c1OP(=O)(O)C=C2c1ccccc1. The van der Waals surface area contributed by atoms with Crippen LogP contribution >= 0.6 is 19.2 Å². The minimum absolute atomic E-state index is 0.270. The lowest BCUT2D eigenvalue weighted by atomic mass is 9.83. The first-order chi connectivity index (χ1) is 10.7. The summed E-state index contributed by atoms with van der Waals surface area (Å²) in [5.74, 6) is 1.74. The summed E-state index contributed by atoms with van der Waals surface area (Å²) < 4.78 is 17.8. The number of benzene rings is 2. The van der Waals surface area contributed by atoms with Crippen molar-refractivity contribution in [2.45, 2.75) is 26.2 Å². The van der Waals surface area contributed by atoms with Gasteiger partial charge in [-0.1, -0.05) is 62.7 Å². The van der Waals surface area contributed by atoms with Gasteiger partial charge in [0.15, 0.2) is 0 Å². The fourth-order valence-electron chi connectivity index (χ4n) is 2.69. The lowest BCUT2D eigenvalue weighted by Gasteiger charge is -2.29. The van der Waals surface area contributed by atoms with E-state index in [-0.39, 0.29) is 5.41 Å². The zero-order chi connectivity index (χ0) is 16.8. The molecule has 0 bridgehead atoms. The van der Waals surface area contributed by atoms with Crippen LogP contribution in [0.3, 0.4) is 0 Å². The molecule has 0 fully saturated rings. The lowest BCUT2D eigenvalue weighted by molar-refractivity contribution is 0.384. The van der Waals surface area contributed by atoms with E-state index in [1.54, 1.807) is 12.1 Å². The predicted molar refractivity (Wildman–Crippen MR) is 94.1 cm³/mol. The second kappa shape index (κ2) is 5.52. The fraction of sp³-hybridized carbons (Fsp3) is 0.222. The van der Waals surface area contributed by atoms with Crippen molar-refractivity contribution in [3.63, 3.8) is 0 Å². The van der Waals surface area contributed by atoms with Crippen LogP contribution in [0.4, 0.5) is 0 Å². The van der Waals surface area contributed by atoms with Crippen LogP contribution in [0.25, 0.3) is 5.57 Å². The smallest absolute Gasteiger partial charge is 0.401 e. The van der Waals surface area contributed by atoms with E-state index in [0.717, 1.165) is 16.7 Å². The van der Waals surface area contributed by atoms with Gasteiger partial charge < -0.3 is 9.42 Å². The molecule has 3 nitrogen and oxygen atoms in total. The Morgan fingerprint density at radius 1 is 1.13 bits per heavy atom. The highest BCUT2D eigenvalue weighted by atomic mass is 35.5. The van der Waals surface area contributed by atoms with Gasteiger partial charge in [0.1, 0.15) is 5.75 Å². The molecule has 1 heterocycles. The first-order valence-corrected chi connectivity index (χ1v) is 9.35. The van der Waals surface area contributed by atoms with Crippen LogP contribution in [0, 0.1) is 0 Å². The second-order valence-corrected chi connectivity index (χ2v) is 8.65. The van der Waals surface area contributed by atoms with Crippen molar-refractivity contribution in [2.75, 3.05) is 0 Å². The van der Waals surface area contributed by atoms with E-state index in [4.69, 9.17) is 16.1 Å². The van der Waals surface area contributed by atoms with Crippen molar-refractivity contribution >= 4 is 24.8 Å². The molecule has 0 saturated carbocycles. The minimum Gasteiger partial charge on any atom is -0.421 e. The topological polar surface area (TPSA) is 46.5 Å². The molecule has 1 aliphatic heterocycles. The maximum absolute atomic E-state index is 12.4. The predicted octanol–water partition coefficient (Wildman–Crippen LogP) is 5.60. The lowest BCUT2D eigenvalue weighted by Crippen LogP contribution is -2.15. The van der Waals surface area contributed by atoms with Crippen molar-refractivity contribution < 1.29 is 14.0 Å². The third-order valence-electron chi connectivity index (χ3n) is 3.75. The summed E-state index contributed by atoms with van der Waals surface area (Å²) in [5.41, 5.74) is 2.82. The van der Waals surface area contributed by atoms with Crippen molar-refractivity contribution in [1.82, 2.24) is 0 Å². The van der Waals surface area contributed by atoms with E-state index in [1.807, 2.05) is 51.1 Å². The van der Waals surface area contributed by atoms with Gasteiger partial charge in [0.25, 0.3) is 0 Å². The van der Waals surface area contributed by atoms with E-state index in [1.165, 1.54) is 5.82 Å². The van der Waals surface area contributed by atoms with Crippen LogP contribution in [0.1, 0.15) is 37.5 Å². The van der Waals surface area contributed by atoms with Gasteiger partial charge >= 0.3 is 7.60 Å². The first kappa shape index (κ1) is 16.3. The summed E-state index contributed by atoms with van der Waals surface area (Å²) in [6, 6.07) is 13.1. The van der Waals surface area contributed by atoms with Crippen molar-refractivity contribution in [2.24, 2.45) is 0 Å². The van der Waals surface area contributed by atoms with Gasteiger partial charge in [-0.25, -0.2) is 4.57 Å². The maximum atomic E-state index is 12.4.